The number of ether oxygens (including phenoxy) is 1. The van der Waals surface area contributed by atoms with Crippen molar-refractivity contribution in [3.63, 3.8) is 0 Å². The number of oxazole rings is 1. The SMILES string of the molecule is Cc1ccc(-n2nnc(C(=O)OCc3nc(-c4ccccc4C)oc3C)c2C)cc1. The van der Waals surface area contributed by atoms with E-state index in [4.69, 9.17) is 9.15 Å². The van der Waals surface area contributed by atoms with Gasteiger partial charge >= 0.3 is 5.97 Å². The zero-order valence-corrected chi connectivity index (χ0v) is 17.3. The van der Waals surface area contributed by atoms with Crippen molar-refractivity contribution in [1.29, 1.82) is 0 Å². The lowest BCUT2D eigenvalue weighted by Crippen LogP contribution is -2.09. The molecule has 0 saturated carbocycles. The summed E-state index contributed by atoms with van der Waals surface area (Å²) in [7, 11) is 0. The highest BCUT2D eigenvalue weighted by molar-refractivity contribution is 5.88. The Labute approximate surface area is 174 Å². The van der Waals surface area contributed by atoms with E-state index in [2.05, 4.69) is 15.3 Å². The minimum atomic E-state index is -0.550. The van der Waals surface area contributed by atoms with Crippen LogP contribution in [0.1, 0.15) is 38.8 Å². The lowest BCUT2D eigenvalue weighted by molar-refractivity contribution is 0.0459. The normalized spacial score (nSPS) is 10.9. The van der Waals surface area contributed by atoms with E-state index in [1.54, 1.807) is 18.5 Å². The van der Waals surface area contributed by atoms with Crippen LogP contribution in [-0.2, 0) is 11.3 Å². The zero-order valence-electron chi connectivity index (χ0n) is 17.3. The molecule has 0 aliphatic rings. The highest BCUT2D eigenvalue weighted by Gasteiger charge is 2.20. The van der Waals surface area contributed by atoms with E-state index in [0.717, 1.165) is 22.4 Å². The van der Waals surface area contributed by atoms with E-state index >= 15 is 0 Å². The Balaban J connectivity index is 1.49. The molecule has 0 aliphatic carbocycles. The summed E-state index contributed by atoms with van der Waals surface area (Å²) >= 11 is 0. The fourth-order valence-electron chi connectivity index (χ4n) is 3.14. The van der Waals surface area contributed by atoms with Crippen molar-refractivity contribution in [2.45, 2.75) is 34.3 Å². The van der Waals surface area contributed by atoms with E-state index < -0.39 is 5.97 Å². The Hall–Kier alpha value is -3.74. The van der Waals surface area contributed by atoms with Gasteiger partial charge in [0.2, 0.25) is 5.89 Å². The maximum atomic E-state index is 12.6. The Bertz CT molecular complexity index is 1210. The fraction of sp³-hybridized carbons (Fsp3) is 0.217. The maximum Gasteiger partial charge on any atom is 0.361 e. The number of carbonyl (C=O) groups is 1. The number of esters is 1. The summed E-state index contributed by atoms with van der Waals surface area (Å²) in [4.78, 5) is 17.1. The lowest BCUT2D eigenvalue weighted by Gasteiger charge is -2.04. The van der Waals surface area contributed by atoms with Gasteiger partial charge in [-0.1, -0.05) is 41.1 Å². The van der Waals surface area contributed by atoms with E-state index in [0.29, 0.717) is 23.0 Å². The first-order chi connectivity index (χ1) is 14.4. The van der Waals surface area contributed by atoms with Crippen LogP contribution < -0.4 is 0 Å². The van der Waals surface area contributed by atoms with Gasteiger partial charge in [0.25, 0.3) is 0 Å². The van der Waals surface area contributed by atoms with Gasteiger partial charge in [-0.3, -0.25) is 0 Å². The summed E-state index contributed by atoms with van der Waals surface area (Å²) < 4.78 is 12.8. The first kappa shape index (κ1) is 19.6. The van der Waals surface area contributed by atoms with Crippen molar-refractivity contribution < 1.29 is 13.9 Å². The standard InChI is InChI=1S/C23H22N4O3/c1-14-9-11-18(12-10-14)27-16(3)21(25-26-27)23(28)29-13-20-17(4)30-22(24-20)19-8-6-5-7-15(19)2/h5-12H,13H2,1-4H3. The predicted octanol–water partition coefficient (Wildman–Crippen LogP) is 4.51. The summed E-state index contributed by atoms with van der Waals surface area (Å²) in [6.45, 7) is 7.59. The number of hydrogen-bond donors (Lipinski definition) is 0. The highest BCUT2D eigenvalue weighted by Crippen LogP contribution is 2.25. The molecule has 0 atom stereocenters. The van der Waals surface area contributed by atoms with Crippen molar-refractivity contribution in [2.24, 2.45) is 0 Å². The predicted molar refractivity (Wildman–Crippen MR) is 111 cm³/mol. The Morgan fingerprint density at radius 2 is 1.77 bits per heavy atom. The number of benzene rings is 2. The van der Waals surface area contributed by atoms with Gasteiger partial charge in [0, 0.05) is 5.56 Å². The number of aryl methyl sites for hydroxylation is 3. The number of hydrogen-bond acceptors (Lipinski definition) is 6. The molecule has 7 heteroatoms. The Morgan fingerprint density at radius 3 is 2.50 bits per heavy atom. The summed E-state index contributed by atoms with van der Waals surface area (Å²) in [6, 6.07) is 15.7. The van der Waals surface area contributed by atoms with Crippen LogP contribution in [0.5, 0.6) is 0 Å². The van der Waals surface area contributed by atoms with Gasteiger partial charge in [-0.15, -0.1) is 5.10 Å². The molecule has 30 heavy (non-hydrogen) atoms. The molecule has 4 aromatic rings. The number of carbonyl (C=O) groups excluding carboxylic acids is 1. The van der Waals surface area contributed by atoms with Crippen LogP contribution in [-0.4, -0.2) is 25.9 Å². The average Bonchev–Trinajstić information content (AvgIpc) is 3.30. The molecule has 0 aliphatic heterocycles. The van der Waals surface area contributed by atoms with Crippen LogP contribution in [0.3, 0.4) is 0 Å². The Morgan fingerprint density at radius 1 is 1.03 bits per heavy atom. The summed E-state index contributed by atoms with van der Waals surface area (Å²) in [5, 5.41) is 8.10. The molecule has 0 spiro atoms. The molecular weight excluding hydrogens is 380 g/mol. The van der Waals surface area contributed by atoms with E-state index in [1.165, 1.54) is 0 Å². The molecule has 4 rings (SSSR count). The van der Waals surface area contributed by atoms with Gasteiger partial charge in [-0.2, -0.15) is 0 Å². The molecule has 2 heterocycles. The van der Waals surface area contributed by atoms with E-state index in [1.807, 2.05) is 62.4 Å². The second kappa shape index (κ2) is 7.94. The number of rotatable bonds is 5. The van der Waals surface area contributed by atoms with E-state index in [9.17, 15) is 4.79 Å². The Kier molecular flexibility index (Phi) is 5.18. The van der Waals surface area contributed by atoms with Crippen molar-refractivity contribution in [3.8, 4) is 17.1 Å². The third-order valence-electron chi connectivity index (χ3n) is 4.97. The largest absolute Gasteiger partial charge is 0.454 e. The molecule has 2 aromatic carbocycles. The molecule has 0 fully saturated rings. The quantitative estimate of drug-likeness (QED) is 0.457. The molecule has 0 radical (unpaired) electrons. The van der Waals surface area contributed by atoms with E-state index in [-0.39, 0.29) is 12.3 Å². The van der Waals surface area contributed by atoms with Crippen LogP contribution in [0.15, 0.2) is 52.9 Å². The van der Waals surface area contributed by atoms with Gasteiger partial charge in [0.05, 0.1) is 11.4 Å². The molecule has 0 saturated heterocycles. The molecule has 0 N–H and O–H groups in total. The summed E-state index contributed by atoms with van der Waals surface area (Å²) in [6.07, 6.45) is 0. The van der Waals surface area contributed by atoms with Crippen LogP contribution in [0, 0.1) is 27.7 Å². The van der Waals surface area contributed by atoms with Gasteiger partial charge in [0.1, 0.15) is 18.1 Å². The van der Waals surface area contributed by atoms with Gasteiger partial charge in [-0.05, 0) is 51.5 Å². The second-order valence-electron chi connectivity index (χ2n) is 7.18. The topological polar surface area (TPSA) is 83.0 Å². The summed E-state index contributed by atoms with van der Waals surface area (Å²) in [5.74, 6) is 0.574. The lowest BCUT2D eigenvalue weighted by atomic mass is 10.1. The number of nitrogens with zero attached hydrogens (tertiary/aromatic N) is 4. The van der Waals surface area contributed by atoms with Gasteiger partial charge in [0.15, 0.2) is 5.69 Å². The highest BCUT2D eigenvalue weighted by atomic mass is 16.5. The molecule has 0 amide bonds. The van der Waals surface area contributed by atoms with Crippen LogP contribution >= 0.6 is 0 Å². The second-order valence-corrected chi connectivity index (χ2v) is 7.18. The molecule has 152 valence electrons. The third kappa shape index (κ3) is 3.74. The van der Waals surface area contributed by atoms with Crippen LogP contribution in [0.4, 0.5) is 0 Å². The number of aromatic nitrogens is 4. The minimum absolute atomic E-state index is 0.00310. The third-order valence-corrected chi connectivity index (χ3v) is 4.97. The van der Waals surface area contributed by atoms with Crippen molar-refractivity contribution >= 4 is 5.97 Å². The molecule has 0 unspecified atom stereocenters. The monoisotopic (exact) mass is 402 g/mol. The molecular formula is C23H22N4O3. The van der Waals surface area contributed by atoms with Gasteiger partial charge < -0.3 is 9.15 Å². The summed E-state index contributed by atoms with van der Waals surface area (Å²) in [5.41, 5.74) is 5.31. The maximum absolute atomic E-state index is 12.6. The molecule has 2 aromatic heterocycles. The minimum Gasteiger partial charge on any atom is -0.454 e. The van der Waals surface area contributed by atoms with Gasteiger partial charge in [-0.25, -0.2) is 14.5 Å². The fourth-order valence-corrected chi connectivity index (χ4v) is 3.14. The first-order valence-electron chi connectivity index (χ1n) is 9.63. The zero-order chi connectivity index (χ0) is 21.3. The average molecular weight is 402 g/mol. The molecule has 7 nitrogen and oxygen atoms in total. The van der Waals surface area contributed by atoms with Crippen molar-refractivity contribution in [1.82, 2.24) is 20.0 Å². The van der Waals surface area contributed by atoms with Crippen molar-refractivity contribution in [3.05, 3.63) is 82.5 Å². The van der Waals surface area contributed by atoms with Crippen molar-refractivity contribution in [2.75, 3.05) is 0 Å². The first-order valence-corrected chi connectivity index (χ1v) is 9.63. The smallest absolute Gasteiger partial charge is 0.361 e. The molecule has 0 bridgehead atoms. The van der Waals surface area contributed by atoms with Crippen LogP contribution in [0.2, 0.25) is 0 Å². The van der Waals surface area contributed by atoms with Crippen LogP contribution in [0.25, 0.3) is 17.1 Å².